The molecule has 0 bridgehead atoms. The molecule has 3 aliphatic rings. The van der Waals surface area contributed by atoms with Crippen LogP contribution >= 0.6 is 11.6 Å². The first-order valence-corrected chi connectivity index (χ1v) is 15.2. The van der Waals surface area contributed by atoms with Gasteiger partial charge in [0.05, 0.1) is 28.7 Å². The van der Waals surface area contributed by atoms with E-state index in [2.05, 4.69) is 64.5 Å². The lowest BCUT2D eigenvalue weighted by Gasteiger charge is -2.53. The standard InChI is InChI=1S/C33H41ClN4O/c1-3-24-20-38(31-13-7-6-12-28(31)34)19-17-33(24)23-37(21-25-10-9-18-35-25)22-30-27(33)15-16-29(36-30)26-11-5-8-14-32(26)39-4-2/h5-8,11-16,24-25,35H,3-4,9-10,17-23H2,1-2H3/t24?,25-,33?/m1/s1. The molecule has 206 valence electrons. The van der Waals surface area contributed by atoms with Crippen molar-refractivity contribution < 1.29 is 4.74 Å². The third kappa shape index (κ3) is 5.17. The van der Waals surface area contributed by atoms with Crippen LogP contribution in [0.25, 0.3) is 11.3 Å². The maximum absolute atomic E-state index is 6.66. The number of nitrogens with zero attached hydrogens (tertiary/aromatic N) is 3. The van der Waals surface area contributed by atoms with Gasteiger partial charge in [-0.25, -0.2) is 0 Å². The second-order valence-corrected chi connectivity index (χ2v) is 11.9. The van der Waals surface area contributed by atoms with Crippen molar-refractivity contribution in [1.29, 1.82) is 0 Å². The Bertz CT molecular complexity index is 1290. The van der Waals surface area contributed by atoms with Gasteiger partial charge >= 0.3 is 0 Å². The summed E-state index contributed by atoms with van der Waals surface area (Å²) < 4.78 is 5.98. The van der Waals surface area contributed by atoms with Gasteiger partial charge in [-0.15, -0.1) is 0 Å². The number of halogens is 1. The summed E-state index contributed by atoms with van der Waals surface area (Å²) in [5.74, 6) is 1.42. The number of nitrogens with one attached hydrogen (secondary N) is 1. The number of benzene rings is 2. The van der Waals surface area contributed by atoms with Gasteiger partial charge in [0.25, 0.3) is 0 Å². The topological polar surface area (TPSA) is 40.6 Å². The van der Waals surface area contributed by atoms with Gasteiger partial charge in [0.1, 0.15) is 5.75 Å². The molecular formula is C33H41ClN4O. The van der Waals surface area contributed by atoms with E-state index in [4.69, 9.17) is 21.3 Å². The summed E-state index contributed by atoms with van der Waals surface area (Å²) >= 11 is 6.66. The number of ether oxygens (including phenoxy) is 1. The van der Waals surface area contributed by atoms with Crippen molar-refractivity contribution in [3.8, 4) is 17.0 Å². The van der Waals surface area contributed by atoms with Crippen molar-refractivity contribution in [2.45, 2.75) is 57.5 Å². The maximum atomic E-state index is 6.66. The van der Waals surface area contributed by atoms with Crippen molar-refractivity contribution in [2.24, 2.45) is 5.92 Å². The molecular weight excluding hydrogens is 504 g/mol. The van der Waals surface area contributed by atoms with E-state index in [0.29, 0.717) is 18.6 Å². The highest BCUT2D eigenvalue weighted by molar-refractivity contribution is 6.33. The zero-order chi connectivity index (χ0) is 26.8. The zero-order valence-corrected chi connectivity index (χ0v) is 24.1. The van der Waals surface area contributed by atoms with Gasteiger partial charge in [0.15, 0.2) is 0 Å². The minimum absolute atomic E-state index is 0.0870. The van der Waals surface area contributed by atoms with Crippen LogP contribution in [-0.4, -0.2) is 55.3 Å². The molecule has 0 saturated carbocycles. The smallest absolute Gasteiger partial charge is 0.128 e. The van der Waals surface area contributed by atoms with Crippen molar-refractivity contribution in [3.05, 3.63) is 76.9 Å². The Hall–Kier alpha value is -2.60. The van der Waals surface area contributed by atoms with Crippen LogP contribution in [0.1, 0.15) is 50.8 Å². The number of hydrogen-bond acceptors (Lipinski definition) is 5. The first kappa shape index (κ1) is 26.6. The van der Waals surface area contributed by atoms with Gasteiger partial charge in [-0.1, -0.05) is 55.3 Å². The van der Waals surface area contributed by atoms with E-state index in [9.17, 15) is 0 Å². The molecule has 3 aromatic rings. The summed E-state index contributed by atoms with van der Waals surface area (Å²) in [6, 6.07) is 21.8. The number of fused-ring (bicyclic) bond motifs is 2. The third-order valence-corrected chi connectivity index (χ3v) is 9.55. The van der Waals surface area contributed by atoms with Crippen LogP contribution in [0.15, 0.2) is 60.7 Å². The predicted molar refractivity (Wildman–Crippen MR) is 161 cm³/mol. The Kier molecular flexibility index (Phi) is 7.84. The summed E-state index contributed by atoms with van der Waals surface area (Å²) in [6.45, 7) is 11.3. The van der Waals surface area contributed by atoms with Crippen LogP contribution in [0, 0.1) is 5.92 Å². The van der Waals surface area contributed by atoms with E-state index < -0.39 is 0 Å². The zero-order valence-electron chi connectivity index (χ0n) is 23.3. The van der Waals surface area contributed by atoms with Gasteiger partial charge in [-0.3, -0.25) is 9.88 Å². The van der Waals surface area contributed by atoms with Crippen LogP contribution in [0.2, 0.25) is 5.02 Å². The van der Waals surface area contributed by atoms with Gasteiger partial charge in [-0.05, 0) is 74.5 Å². The van der Waals surface area contributed by atoms with Crippen molar-refractivity contribution >= 4 is 17.3 Å². The fourth-order valence-corrected chi connectivity index (χ4v) is 7.63. The van der Waals surface area contributed by atoms with Crippen molar-refractivity contribution in [2.75, 3.05) is 44.2 Å². The number of anilines is 1. The van der Waals surface area contributed by atoms with E-state index in [1.54, 1.807) is 0 Å². The van der Waals surface area contributed by atoms with Crippen LogP contribution in [0.4, 0.5) is 5.69 Å². The lowest BCUT2D eigenvalue weighted by atomic mass is 9.62. The number of para-hydroxylation sites is 2. The lowest BCUT2D eigenvalue weighted by Crippen LogP contribution is -2.58. The predicted octanol–water partition coefficient (Wildman–Crippen LogP) is 6.54. The van der Waals surface area contributed by atoms with Gasteiger partial charge in [-0.2, -0.15) is 0 Å². The Morgan fingerprint density at radius 3 is 2.72 bits per heavy atom. The lowest BCUT2D eigenvalue weighted by molar-refractivity contribution is 0.0968. The Labute approximate surface area is 238 Å². The first-order chi connectivity index (χ1) is 19.1. The first-order valence-electron chi connectivity index (χ1n) is 14.8. The Morgan fingerprint density at radius 1 is 1.08 bits per heavy atom. The van der Waals surface area contributed by atoms with Crippen LogP contribution in [0.5, 0.6) is 5.75 Å². The molecule has 1 spiro atoms. The van der Waals surface area contributed by atoms with Gasteiger partial charge in [0, 0.05) is 49.7 Å². The summed E-state index contributed by atoms with van der Waals surface area (Å²) in [7, 11) is 0. The molecule has 2 fully saturated rings. The summed E-state index contributed by atoms with van der Waals surface area (Å²) in [4.78, 5) is 10.6. The molecule has 1 aromatic heterocycles. The average molecular weight is 545 g/mol. The molecule has 0 radical (unpaired) electrons. The van der Waals surface area contributed by atoms with Gasteiger partial charge in [0.2, 0.25) is 0 Å². The number of hydrogen-bond donors (Lipinski definition) is 1. The molecule has 5 nitrogen and oxygen atoms in total. The largest absolute Gasteiger partial charge is 0.493 e. The SMILES string of the molecule is CCOc1ccccc1-c1ccc2c(n1)CN(C[C@H]1CCCN1)CC21CCN(c2ccccc2Cl)CC1CC. The average Bonchev–Trinajstić information content (AvgIpc) is 3.47. The summed E-state index contributed by atoms with van der Waals surface area (Å²) in [5.41, 5.74) is 6.04. The normalized spacial score (nSPS) is 25.2. The highest BCUT2D eigenvalue weighted by Gasteiger charge is 2.48. The number of rotatable bonds is 7. The quantitative estimate of drug-likeness (QED) is 0.365. The van der Waals surface area contributed by atoms with E-state index in [1.807, 2.05) is 25.1 Å². The molecule has 1 N–H and O–H groups in total. The highest BCUT2D eigenvalue weighted by atomic mass is 35.5. The molecule has 2 saturated heterocycles. The number of aromatic nitrogens is 1. The number of pyridine rings is 1. The molecule has 3 aliphatic heterocycles. The summed E-state index contributed by atoms with van der Waals surface area (Å²) in [5, 5.41) is 4.58. The second-order valence-electron chi connectivity index (χ2n) is 11.5. The highest BCUT2D eigenvalue weighted by Crippen LogP contribution is 2.48. The fourth-order valence-electron chi connectivity index (χ4n) is 7.37. The van der Waals surface area contributed by atoms with E-state index in [1.165, 1.54) is 24.1 Å². The molecule has 0 amide bonds. The monoisotopic (exact) mass is 544 g/mol. The molecule has 2 unspecified atom stereocenters. The third-order valence-electron chi connectivity index (χ3n) is 9.23. The van der Waals surface area contributed by atoms with Crippen molar-refractivity contribution in [1.82, 2.24) is 15.2 Å². The van der Waals surface area contributed by atoms with Gasteiger partial charge < -0.3 is 15.0 Å². The molecule has 2 aromatic carbocycles. The molecule has 0 aliphatic carbocycles. The molecule has 39 heavy (non-hydrogen) atoms. The minimum atomic E-state index is 0.0870. The molecule has 6 rings (SSSR count). The fraction of sp³-hybridized carbons (Fsp3) is 0.485. The minimum Gasteiger partial charge on any atom is -0.493 e. The van der Waals surface area contributed by atoms with E-state index in [0.717, 1.165) is 79.8 Å². The van der Waals surface area contributed by atoms with Crippen molar-refractivity contribution in [3.63, 3.8) is 0 Å². The molecule has 3 atom stereocenters. The van der Waals surface area contributed by atoms with Crippen LogP contribution in [0.3, 0.4) is 0 Å². The van der Waals surface area contributed by atoms with E-state index in [-0.39, 0.29) is 5.41 Å². The Morgan fingerprint density at radius 2 is 1.92 bits per heavy atom. The second kappa shape index (κ2) is 11.5. The molecule has 6 heteroatoms. The summed E-state index contributed by atoms with van der Waals surface area (Å²) in [6.07, 6.45) is 4.78. The maximum Gasteiger partial charge on any atom is 0.128 e. The number of piperidine rings is 1. The Balaban J connectivity index is 1.38. The van der Waals surface area contributed by atoms with Crippen LogP contribution in [-0.2, 0) is 12.0 Å². The van der Waals surface area contributed by atoms with Crippen LogP contribution < -0.4 is 15.0 Å². The molecule has 4 heterocycles. The van der Waals surface area contributed by atoms with E-state index >= 15 is 0 Å².